The van der Waals surface area contributed by atoms with Crippen molar-refractivity contribution in [3.8, 4) is 0 Å². The van der Waals surface area contributed by atoms with E-state index in [1.807, 2.05) is 6.07 Å². The Hall–Kier alpha value is -0.870. The van der Waals surface area contributed by atoms with E-state index in [1.54, 1.807) is 6.20 Å². The number of hydrogen-bond donors (Lipinski definition) is 2. The Kier molecular flexibility index (Phi) is 3.61. The topological polar surface area (TPSA) is 44.0 Å². The lowest BCUT2D eigenvalue weighted by Crippen LogP contribution is -2.36. The van der Waals surface area contributed by atoms with Gasteiger partial charge in [0.2, 0.25) is 0 Å². The van der Waals surface area contributed by atoms with Crippen LogP contribution in [0.25, 0.3) is 0 Å². The van der Waals surface area contributed by atoms with E-state index in [0.717, 1.165) is 24.7 Å². The third-order valence-electron chi connectivity index (χ3n) is 3.48. The van der Waals surface area contributed by atoms with Gasteiger partial charge in [-0.3, -0.25) is 10.00 Å². The van der Waals surface area contributed by atoms with Crippen molar-refractivity contribution < 1.29 is 0 Å². The third-order valence-corrected chi connectivity index (χ3v) is 3.48. The molecular formula is C12H22N4. The number of rotatable bonds is 4. The maximum Gasteiger partial charge on any atom is 0.0490 e. The number of H-pyrrole nitrogens is 1. The number of likely N-dealkylation sites (tertiary alicyclic amines) is 1. The molecular weight excluding hydrogens is 200 g/mol. The molecule has 1 aliphatic heterocycles. The van der Waals surface area contributed by atoms with Gasteiger partial charge in [-0.15, -0.1) is 0 Å². The van der Waals surface area contributed by atoms with Gasteiger partial charge < -0.3 is 5.32 Å². The summed E-state index contributed by atoms with van der Waals surface area (Å²) in [5, 5.41) is 10.5. The van der Waals surface area contributed by atoms with E-state index < -0.39 is 0 Å². The average Bonchev–Trinajstić information content (AvgIpc) is 2.84. The van der Waals surface area contributed by atoms with Gasteiger partial charge in [0.25, 0.3) is 0 Å². The molecule has 4 heteroatoms. The molecule has 0 radical (unpaired) electrons. The fourth-order valence-corrected chi connectivity index (χ4v) is 2.32. The van der Waals surface area contributed by atoms with Crippen molar-refractivity contribution in [1.29, 1.82) is 0 Å². The van der Waals surface area contributed by atoms with Crippen LogP contribution in [0.4, 0.5) is 0 Å². The van der Waals surface area contributed by atoms with E-state index >= 15 is 0 Å². The number of nitrogens with zero attached hydrogens (tertiary/aromatic N) is 2. The molecule has 16 heavy (non-hydrogen) atoms. The lowest BCUT2D eigenvalue weighted by atomic mass is 10.1. The SMILES string of the molecule is CC1CN(C(C)C)CC1NCc1ccn[nH]1. The molecule has 1 aromatic heterocycles. The minimum absolute atomic E-state index is 0.602. The minimum Gasteiger partial charge on any atom is -0.307 e. The second kappa shape index (κ2) is 4.97. The molecule has 2 unspecified atom stereocenters. The quantitative estimate of drug-likeness (QED) is 0.805. The lowest BCUT2D eigenvalue weighted by Gasteiger charge is -2.20. The van der Waals surface area contributed by atoms with Crippen LogP contribution in [0, 0.1) is 5.92 Å². The lowest BCUT2D eigenvalue weighted by molar-refractivity contribution is 0.264. The maximum absolute atomic E-state index is 3.95. The Morgan fingerprint density at radius 2 is 2.38 bits per heavy atom. The van der Waals surface area contributed by atoms with Gasteiger partial charge in [0.15, 0.2) is 0 Å². The van der Waals surface area contributed by atoms with Crippen molar-refractivity contribution in [1.82, 2.24) is 20.4 Å². The Balaban J connectivity index is 1.82. The van der Waals surface area contributed by atoms with Gasteiger partial charge in [-0.25, -0.2) is 0 Å². The zero-order chi connectivity index (χ0) is 11.5. The first-order chi connectivity index (χ1) is 7.66. The third kappa shape index (κ3) is 2.62. The van der Waals surface area contributed by atoms with Crippen molar-refractivity contribution >= 4 is 0 Å². The smallest absolute Gasteiger partial charge is 0.0490 e. The summed E-state index contributed by atoms with van der Waals surface area (Å²) in [6, 6.07) is 3.28. The Morgan fingerprint density at radius 1 is 1.56 bits per heavy atom. The number of nitrogens with one attached hydrogen (secondary N) is 2. The second-order valence-electron chi connectivity index (χ2n) is 5.09. The fourth-order valence-electron chi connectivity index (χ4n) is 2.32. The molecule has 1 saturated heterocycles. The Morgan fingerprint density at radius 3 is 2.94 bits per heavy atom. The number of aromatic amines is 1. The molecule has 0 bridgehead atoms. The van der Waals surface area contributed by atoms with E-state index in [-0.39, 0.29) is 0 Å². The number of hydrogen-bond acceptors (Lipinski definition) is 3. The summed E-state index contributed by atoms with van der Waals surface area (Å²) >= 11 is 0. The normalized spacial score (nSPS) is 26.8. The van der Waals surface area contributed by atoms with Crippen LogP contribution in [0.2, 0.25) is 0 Å². The zero-order valence-electron chi connectivity index (χ0n) is 10.4. The Labute approximate surface area is 97.4 Å². The molecule has 0 saturated carbocycles. The first-order valence-electron chi connectivity index (χ1n) is 6.12. The van der Waals surface area contributed by atoms with Gasteiger partial charge in [-0.1, -0.05) is 6.92 Å². The monoisotopic (exact) mass is 222 g/mol. The van der Waals surface area contributed by atoms with Crippen molar-refractivity contribution in [3.05, 3.63) is 18.0 Å². The predicted molar refractivity (Wildman–Crippen MR) is 65.1 cm³/mol. The summed E-state index contributed by atoms with van der Waals surface area (Å²) in [4.78, 5) is 2.54. The van der Waals surface area contributed by atoms with Crippen LogP contribution in [0.15, 0.2) is 12.3 Å². The summed E-state index contributed by atoms with van der Waals surface area (Å²) in [6.45, 7) is 10.1. The largest absolute Gasteiger partial charge is 0.307 e. The van der Waals surface area contributed by atoms with Crippen LogP contribution in [-0.4, -0.2) is 40.3 Å². The molecule has 0 spiro atoms. The highest BCUT2D eigenvalue weighted by molar-refractivity contribution is 4.98. The molecule has 0 aliphatic carbocycles. The molecule has 0 aromatic carbocycles. The van der Waals surface area contributed by atoms with E-state index in [1.165, 1.54) is 6.54 Å². The number of aromatic nitrogens is 2. The molecule has 1 aromatic rings. The van der Waals surface area contributed by atoms with Crippen LogP contribution in [-0.2, 0) is 6.54 Å². The highest BCUT2D eigenvalue weighted by atomic mass is 15.2. The molecule has 1 fully saturated rings. The molecule has 1 aliphatic rings. The van der Waals surface area contributed by atoms with Crippen LogP contribution in [0.1, 0.15) is 26.5 Å². The first kappa shape index (κ1) is 11.6. The summed E-state index contributed by atoms with van der Waals surface area (Å²) in [5.41, 5.74) is 1.16. The predicted octanol–water partition coefficient (Wildman–Crippen LogP) is 1.23. The van der Waals surface area contributed by atoms with Gasteiger partial charge in [0.1, 0.15) is 0 Å². The van der Waals surface area contributed by atoms with Gasteiger partial charge in [-0.2, -0.15) is 5.10 Å². The summed E-state index contributed by atoms with van der Waals surface area (Å²) in [6.07, 6.45) is 1.80. The molecule has 2 atom stereocenters. The van der Waals surface area contributed by atoms with Gasteiger partial charge in [0, 0.05) is 43.6 Å². The van der Waals surface area contributed by atoms with Gasteiger partial charge in [0.05, 0.1) is 0 Å². The van der Waals surface area contributed by atoms with Crippen LogP contribution in [0.3, 0.4) is 0 Å². The van der Waals surface area contributed by atoms with Crippen LogP contribution >= 0.6 is 0 Å². The molecule has 4 nitrogen and oxygen atoms in total. The van der Waals surface area contributed by atoms with E-state index in [4.69, 9.17) is 0 Å². The standard InChI is InChI=1S/C12H22N4/c1-9(2)16-7-10(3)12(8-16)13-6-11-4-5-14-15-11/h4-5,9-10,12-13H,6-8H2,1-3H3,(H,14,15). The van der Waals surface area contributed by atoms with Crippen molar-refractivity contribution in [3.63, 3.8) is 0 Å². The highest BCUT2D eigenvalue weighted by Gasteiger charge is 2.30. The van der Waals surface area contributed by atoms with Crippen molar-refractivity contribution in [2.45, 2.75) is 39.4 Å². The molecule has 2 N–H and O–H groups in total. The summed E-state index contributed by atoms with van der Waals surface area (Å²) < 4.78 is 0. The second-order valence-corrected chi connectivity index (χ2v) is 5.09. The van der Waals surface area contributed by atoms with Gasteiger partial charge in [-0.05, 0) is 25.8 Å². The fraction of sp³-hybridized carbons (Fsp3) is 0.750. The van der Waals surface area contributed by atoms with Gasteiger partial charge >= 0.3 is 0 Å². The zero-order valence-corrected chi connectivity index (χ0v) is 10.4. The average molecular weight is 222 g/mol. The molecule has 2 heterocycles. The summed E-state index contributed by atoms with van der Waals surface area (Å²) in [5.74, 6) is 0.727. The maximum atomic E-state index is 3.95. The van der Waals surface area contributed by atoms with Crippen LogP contribution in [0.5, 0.6) is 0 Å². The first-order valence-corrected chi connectivity index (χ1v) is 6.12. The molecule has 2 rings (SSSR count). The van der Waals surface area contributed by atoms with Crippen molar-refractivity contribution in [2.24, 2.45) is 5.92 Å². The van der Waals surface area contributed by atoms with E-state index in [9.17, 15) is 0 Å². The highest BCUT2D eigenvalue weighted by Crippen LogP contribution is 2.18. The Bertz CT molecular complexity index is 307. The summed E-state index contributed by atoms with van der Waals surface area (Å²) in [7, 11) is 0. The molecule has 0 amide bonds. The van der Waals surface area contributed by atoms with Crippen LogP contribution < -0.4 is 5.32 Å². The van der Waals surface area contributed by atoms with E-state index in [0.29, 0.717) is 12.1 Å². The van der Waals surface area contributed by atoms with E-state index in [2.05, 4.69) is 41.2 Å². The van der Waals surface area contributed by atoms with Crippen molar-refractivity contribution in [2.75, 3.05) is 13.1 Å². The minimum atomic E-state index is 0.602. The molecule has 90 valence electrons.